The van der Waals surface area contributed by atoms with Gasteiger partial charge in [0.25, 0.3) is 6.43 Å². The van der Waals surface area contributed by atoms with E-state index >= 15 is 0 Å². The fourth-order valence-electron chi connectivity index (χ4n) is 1.16. The van der Waals surface area contributed by atoms with E-state index in [0.717, 1.165) is 0 Å². The van der Waals surface area contributed by atoms with Gasteiger partial charge in [0.2, 0.25) is 0 Å². The molecule has 0 atom stereocenters. The molecule has 1 aromatic heterocycles. The Morgan fingerprint density at radius 3 is 2.42 bits per heavy atom. The fraction of sp³-hybridized carbons (Fsp3) is 0.333. The van der Waals surface area contributed by atoms with Crippen molar-refractivity contribution in [1.82, 2.24) is 4.98 Å². The SMILES string of the molecule is O=C(O)Cc1nc(C(F)F)c(OC(F)(F)F)cc1F. The Bertz CT molecular complexity index is 488. The van der Waals surface area contributed by atoms with Crippen LogP contribution in [0.2, 0.25) is 0 Å². The molecule has 0 saturated heterocycles. The molecule has 0 radical (unpaired) electrons. The van der Waals surface area contributed by atoms with Gasteiger partial charge in [-0.2, -0.15) is 0 Å². The fourth-order valence-corrected chi connectivity index (χ4v) is 1.16. The van der Waals surface area contributed by atoms with E-state index in [0.29, 0.717) is 0 Å². The van der Waals surface area contributed by atoms with Gasteiger partial charge in [-0.25, -0.2) is 18.2 Å². The number of aromatic nitrogens is 1. The highest BCUT2D eigenvalue weighted by Crippen LogP contribution is 2.32. The topological polar surface area (TPSA) is 59.4 Å². The standard InChI is InChI=1S/C9H5F6NO3/c10-3-1-5(19-9(13,14)15)7(8(11)12)16-4(3)2-6(17)18/h1,8H,2H2,(H,17,18). The molecular weight excluding hydrogens is 284 g/mol. The maximum atomic E-state index is 13.2. The predicted octanol–water partition coefficient (Wildman–Crippen LogP) is 2.68. The van der Waals surface area contributed by atoms with Crippen LogP contribution in [0.5, 0.6) is 5.75 Å². The van der Waals surface area contributed by atoms with Gasteiger partial charge in [0.1, 0.15) is 11.5 Å². The molecular formula is C9H5F6NO3. The average Bonchev–Trinajstić information content (AvgIpc) is 2.18. The minimum absolute atomic E-state index is 0.0280. The largest absolute Gasteiger partial charge is 0.573 e. The van der Waals surface area contributed by atoms with Crippen LogP contribution < -0.4 is 4.74 Å². The average molecular weight is 289 g/mol. The van der Waals surface area contributed by atoms with E-state index in [1.165, 1.54) is 0 Å². The first-order valence-electron chi connectivity index (χ1n) is 4.55. The van der Waals surface area contributed by atoms with Crippen molar-refractivity contribution in [2.75, 3.05) is 0 Å². The van der Waals surface area contributed by atoms with Crippen LogP contribution in [-0.2, 0) is 11.2 Å². The summed E-state index contributed by atoms with van der Waals surface area (Å²) >= 11 is 0. The second-order valence-electron chi connectivity index (χ2n) is 3.22. The van der Waals surface area contributed by atoms with Crippen LogP contribution in [0.25, 0.3) is 0 Å². The summed E-state index contributed by atoms with van der Waals surface area (Å²) in [6.45, 7) is 0. The number of nitrogens with zero attached hydrogens (tertiary/aromatic N) is 1. The molecule has 0 aliphatic rings. The van der Waals surface area contributed by atoms with E-state index in [1.54, 1.807) is 0 Å². The summed E-state index contributed by atoms with van der Waals surface area (Å²) in [7, 11) is 0. The van der Waals surface area contributed by atoms with Crippen molar-refractivity contribution in [1.29, 1.82) is 0 Å². The molecule has 0 aliphatic carbocycles. The maximum absolute atomic E-state index is 13.2. The van der Waals surface area contributed by atoms with Gasteiger partial charge in [0, 0.05) is 6.07 Å². The second kappa shape index (κ2) is 5.33. The van der Waals surface area contributed by atoms with Crippen LogP contribution in [0, 0.1) is 5.82 Å². The molecule has 10 heteroatoms. The van der Waals surface area contributed by atoms with Gasteiger partial charge in [0.05, 0.1) is 12.1 Å². The lowest BCUT2D eigenvalue weighted by molar-refractivity contribution is -0.275. The van der Waals surface area contributed by atoms with Gasteiger partial charge in [-0.15, -0.1) is 13.2 Å². The van der Waals surface area contributed by atoms with Crippen molar-refractivity contribution >= 4 is 5.97 Å². The van der Waals surface area contributed by atoms with Crippen molar-refractivity contribution in [3.63, 3.8) is 0 Å². The number of hydrogen-bond donors (Lipinski definition) is 1. The van der Waals surface area contributed by atoms with Gasteiger partial charge >= 0.3 is 12.3 Å². The zero-order chi connectivity index (χ0) is 14.8. The normalized spacial score (nSPS) is 11.7. The number of hydrogen-bond acceptors (Lipinski definition) is 3. The summed E-state index contributed by atoms with van der Waals surface area (Å²) in [5, 5.41) is 8.37. The zero-order valence-corrected chi connectivity index (χ0v) is 8.84. The molecule has 0 spiro atoms. The number of alkyl halides is 5. The smallest absolute Gasteiger partial charge is 0.481 e. The highest BCUT2D eigenvalue weighted by atomic mass is 19.4. The maximum Gasteiger partial charge on any atom is 0.573 e. The lowest BCUT2D eigenvalue weighted by Crippen LogP contribution is -2.19. The molecule has 0 aliphatic heterocycles. The molecule has 1 N–H and O–H groups in total. The summed E-state index contributed by atoms with van der Waals surface area (Å²) in [6, 6.07) is 0.0280. The number of aliphatic carboxylic acids is 1. The highest BCUT2D eigenvalue weighted by molar-refractivity contribution is 5.69. The van der Waals surface area contributed by atoms with Gasteiger partial charge in [-0.1, -0.05) is 0 Å². The van der Waals surface area contributed by atoms with Crippen LogP contribution in [-0.4, -0.2) is 22.4 Å². The number of carboxylic acid groups (broad SMARTS) is 1. The van der Waals surface area contributed by atoms with E-state index in [4.69, 9.17) is 5.11 Å². The number of ether oxygens (including phenoxy) is 1. The Morgan fingerprint density at radius 2 is 2.00 bits per heavy atom. The molecule has 19 heavy (non-hydrogen) atoms. The molecule has 1 heterocycles. The Kier molecular flexibility index (Phi) is 4.22. The minimum atomic E-state index is -5.30. The third-order valence-electron chi connectivity index (χ3n) is 1.79. The van der Waals surface area contributed by atoms with Crippen LogP contribution in [0.1, 0.15) is 17.8 Å². The van der Waals surface area contributed by atoms with E-state index in [9.17, 15) is 31.1 Å². The summed E-state index contributed by atoms with van der Waals surface area (Å²) in [6.07, 6.45) is -9.82. The Labute approximate surface area is 101 Å². The summed E-state index contributed by atoms with van der Waals surface area (Å²) in [5.41, 5.74) is -2.38. The molecule has 0 unspecified atom stereocenters. The molecule has 0 aromatic carbocycles. The van der Waals surface area contributed by atoms with Crippen molar-refractivity contribution < 1.29 is 41.0 Å². The second-order valence-corrected chi connectivity index (χ2v) is 3.22. The molecule has 1 aromatic rings. The molecule has 1 rings (SSSR count). The third kappa shape index (κ3) is 4.30. The summed E-state index contributed by atoms with van der Waals surface area (Å²) in [5.74, 6) is -4.56. The number of carboxylic acids is 1. The first kappa shape index (κ1) is 15.1. The predicted molar refractivity (Wildman–Crippen MR) is 47.2 cm³/mol. The number of halogens is 6. The minimum Gasteiger partial charge on any atom is -0.481 e. The monoisotopic (exact) mass is 289 g/mol. The number of rotatable bonds is 4. The van der Waals surface area contributed by atoms with E-state index in [-0.39, 0.29) is 6.07 Å². The van der Waals surface area contributed by atoms with Crippen LogP contribution in [0.4, 0.5) is 26.3 Å². The highest BCUT2D eigenvalue weighted by Gasteiger charge is 2.34. The van der Waals surface area contributed by atoms with Crippen molar-refractivity contribution in [3.05, 3.63) is 23.3 Å². The molecule has 106 valence electrons. The number of carbonyl (C=O) groups is 1. The van der Waals surface area contributed by atoms with Gasteiger partial charge < -0.3 is 9.84 Å². The van der Waals surface area contributed by atoms with Crippen LogP contribution >= 0.6 is 0 Å². The van der Waals surface area contributed by atoms with Gasteiger partial charge in [-0.3, -0.25) is 4.79 Å². The first-order valence-corrected chi connectivity index (χ1v) is 4.55. The molecule has 0 amide bonds. The van der Waals surface area contributed by atoms with E-state index in [1.807, 2.05) is 0 Å². The quantitative estimate of drug-likeness (QED) is 0.866. The van der Waals surface area contributed by atoms with Gasteiger partial charge in [0.15, 0.2) is 5.75 Å². The Balaban J connectivity index is 3.25. The Morgan fingerprint density at radius 1 is 1.42 bits per heavy atom. The zero-order valence-electron chi connectivity index (χ0n) is 8.84. The van der Waals surface area contributed by atoms with Crippen molar-refractivity contribution in [2.24, 2.45) is 0 Å². The molecule has 0 saturated carbocycles. The molecule has 4 nitrogen and oxygen atoms in total. The number of pyridine rings is 1. The summed E-state index contributed by atoms with van der Waals surface area (Å²) < 4.78 is 77.1. The van der Waals surface area contributed by atoms with E-state index < -0.39 is 48.1 Å². The molecule has 0 bridgehead atoms. The lowest BCUT2D eigenvalue weighted by Gasteiger charge is -2.13. The van der Waals surface area contributed by atoms with Crippen molar-refractivity contribution in [2.45, 2.75) is 19.2 Å². The van der Waals surface area contributed by atoms with Crippen LogP contribution in [0.15, 0.2) is 6.07 Å². The lowest BCUT2D eigenvalue weighted by atomic mass is 10.2. The molecule has 0 fully saturated rings. The van der Waals surface area contributed by atoms with Gasteiger partial charge in [-0.05, 0) is 0 Å². The van der Waals surface area contributed by atoms with Crippen LogP contribution in [0.3, 0.4) is 0 Å². The first-order chi connectivity index (χ1) is 8.60. The van der Waals surface area contributed by atoms with Crippen molar-refractivity contribution in [3.8, 4) is 5.75 Å². The summed E-state index contributed by atoms with van der Waals surface area (Å²) in [4.78, 5) is 13.2. The Hall–Kier alpha value is -2.00. The third-order valence-corrected chi connectivity index (χ3v) is 1.79. The van der Waals surface area contributed by atoms with E-state index in [2.05, 4.69) is 9.72 Å².